The topological polar surface area (TPSA) is 68.8 Å². The molecule has 0 radical (unpaired) electrons. The van der Waals surface area contributed by atoms with E-state index >= 15 is 0 Å². The predicted octanol–water partition coefficient (Wildman–Crippen LogP) is 3.52. The quantitative estimate of drug-likeness (QED) is 0.275. The van der Waals surface area contributed by atoms with E-state index in [1.165, 1.54) is 37.1 Å². The van der Waals surface area contributed by atoms with Gasteiger partial charge in [0.1, 0.15) is 0 Å². The molecule has 0 unspecified atom stereocenters. The van der Waals surface area contributed by atoms with Crippen LogP contribution in [0.4, 0.5) is 0 Å². The average Bonchev–Trinajstić information content (AvgIpc) is 3.28. The maximum absolute atomic E-state index is 12.0. The van der Waals surface area contributed by atoms with Gasteiger partial charge in [0.15, 0.2) is 5.96 Å². The maximum Gasteiger partial charge on any atom is 0.251 e. The van der Waals surface area contributed by atoms with Gasteiger partial charge in [-0.05, 0) is 61.7 Å². The van der Waals surface area contributed by atoms with Crippen LogP contribution < -0.4 is 16.0 Å². The largest absolute Gasteiger partial charge is 0.352 e. The molecular weight excluding hydrogens is 501 g/mol. The number of halogens is 1. The van der Waals surface area contributed by atoms with E-state index in [0.717, 1.165) is 18.1 Å². The minimum Gasteiger partial charge on any atom is -0.352 e. The third kappa shape index (κ3) is 8.14. The molecule has 3 rings (SSSR count). The number of hydrogen-bond acceptors (Lipinski definition) is 3. The highest BCUT2D eigenvalue weighted by Crippen LogP contribution is 2.13. The van der Waals surface area contributed by atoms with Gasteiger partial charge in [-0.25, -0.2) is 0 Å². The number of likely N-dealkylation sites (tertiary alicyclic amines) is 1. The Hall–Kier alpha value is -2.13. The first-order valence-corrected chi connectivity index (χ1v) is 10.8. The van der Waals surface area contributed by atoms with Crippen molar-refractivity contribution in [2.75, 3.05) is 26.7 Å². The van der Waals surface area contributed by atoms with Crippen LogP contribution in [0.15, 0.2) is 53.5 Å². The Morgan fingerprint density at radius 1 is 0.935 bits per heavy atom. The lowest BCUT2D eigenvalue weighted by Crippen LogP contribution is -2.36. The highest BCUT2D eigenvalue weighted by molar-refractivity contribution is 14.0. The van der Waals surface area contributed by atoms with Gasteiger partial charge in [0.25, 0.3) is 5.91 Å². The lowest BCUT2D eigenvalue weighted by atomic mass is 10.1. The van der Waals surface area contributed by atoms with E-state index in [2.05, 4.69) is 50.1 Å². The van der Waals surface area contributed by atoms with Crippen LogP contribution in [0.2, 0.25) is 0 Å². The zero-order valence-electron chi connectivity index (χ0n) is 18.5. The summed E-state index contributed by atoms with van der Waals surface area (Å²) < 4.78 is 0. The van der Waals surface area contributed by atoms with Crippen LogP contribution in [-0.4, -0.2) is 43.4 Å². The van der Waals surface area contributed by atoms with Crippen LogP contribution in [0.5, 0.6) is 0 Å². The lowest BCUT2D eigenvalue weighted by molar-refractivity contribution is 0.0955. The van der Waals surface area contributed by atoms with Crippen LogP contribution in [0.3, 0.4) is 0 Å². The molecule has 6 nitrogen and oxygen atoms in total. The molecule has 2 aromatic carbocycles. The van der Waals surface area contributed by atoms with Crippen molar-refractivity contribution in [3.05, 3.63) is 70.8 Å². The fourth-order valence-electron chi connectivity index (χ4n) is 3.64. The van der Waals surface area contributed by atoms with E-state index in [0.29, 0.717) is 25.2 Å². The van der Waals surface area contributed by atoms with Crippen LogP contribution in [-0.2, 0) is 19.6 Å². The molecule has 0 atom stereocenters. The Balaban J connectivity index is 0.00000341. The summed E-state index contributed by atoms with van der Waals surface area (Å²) >= 11 is 0. The van der Waals surface area contributed by atoms with Crippen molar-refractivity contribution >= 4 is 35.8 Å². The summed E-state index contributed by atoms with van der Waals surface area (Å²) in [6, 6.07) is 16.4. The van der Waals surface area contributed by atoms with Gasteiger partial charge < -0.3 is 16.0 Å². The molecule has 0 saturated carbocycles. The monoisotopic (exact) mass is 535 g/mol. The number of nitrogens with zero attached hydrogens (tertiary/aromatic N) is 2. The van der Waals surface area contributed by atoms with Crippen LogP contribution in [0.1, 0.15) is 46.8 Å². The minimum atomic E-state index is -0.0463. The Morgan fingerprint density at radius 2 is 1.58 bits per heavy atom. The summed E-state index contributed by atoms with van der Waals surface area (Å²) in [5, 5.41) is 9.50. The molecule has 1 fully saturated rings. The molecule has 0 aliphatic carbocycles. The number of aliphatic imine (C=N–C) groups is 1. The van der Waals surface area contributed by atoms with Gasteiger partial charge in [-0.15, -0.1) is 24.0 Å². The average molecular weight is 535 g/mol. The minimum absolute atomic E-state index is 0. The first-order chi connectivity index (χ1) is 14.7. The summed E-state index contributed by atoms with van der Waals surface area (Å²) in [7, 11) is 1.76. The van der Waals surface area contributed by atoms with Gasteiger partial charge in [0.05, 0.1) is 0 Å². The summed E-state index contributed by atoms with van der Waals surface area (Å²) in [6.07, 6.45) is 2.65. The molecule has 1 saturated heterocycles. The normalized spacial score (nSPS) is 14.1. The Kier molecular flexibility index (Phi) is 10.8. The van der Waals surface area contributed by atoms with Gasteiger partial charge >= 0.3 is 0 Å². The highest BCUT2D eigenvalue weighted by Gasteiger charge is 2.11. The van der Waals surface area contributed by atoms with Gasteiger partial charge in [-0.3, -0.25) is 14.7 Å². The van der Waals surface area contributed by atoms with Gasteiger partial charge in [0.2, 0.25) is 0 Å². The molecule has 3 N–H and O–H groups in total. The Labute approximate surface area is 202 Å². The summed E-state index contributed by atoms with van der Waals surface area (Å²) in [4.78, 5) is 18.8. The molecule has 1 aliphatic rings. The fraction of sp³-hybridized carbons (Fsp3) is 0.417. The molecule has 0 spiro atoms. The predicted molar refractivity (Wildman–Crippen MR) is 138 cm³/mol. The molecule has 168 valence electrons. The molecule has 7 heteroatoms. The van der Waals surface area contributed by atoms with Gasteiger partial charge in [0, 0.05) is 38.8 Å². The van der Waals surface area contributed by atoms with Crippen LogP contribution in [0.25, 0.3) is 0 Å². The number of carbonyl (C=O) groups is 1. The molecule has 1 amide bonds. The smallest absolute Gasteiger partial charge is 0.251 e. The van der Waals surface area contributed by atoms with Crippen molar-refractivity contribution < 1.29 is 4.79 Å². The van der Waals surface area contributed by atoms with E-state index in [-0.39, 0.29) is 29.9 Å². The molecule has 1 aliphatic heterocycles. The zero-order valence-corrected chi connectivity index (χ0v) is 20.8. The fourth-order valence-corrected chi connectivity index (χ4v) is 3.64. The van der Waals surface area contributed by atoms with E-state index in [9.17, 15) is 4.79 Å². The van der Waals surface area contributed by atoms with Crippen LogP contribution in [0, 0.1) is 0 Å². The summed E-state index contributed by atoms with van der Waals surface area (Å²) in [5.41, 5.74) is 4.30. The molecule has 31 heavy (non-hydrogen) atoms. The number of guanidine groups is 1. The van der Waals surface area contributed by atoms with E-state index in [4.69, 9.17) is 0 Å². The van der Waals surface area contributed by atoms with Crippen molar-refractivity contribution in [2.45, 2.75) is 39.4 Å². The number of rotatable bonds is 8. The van der Waals surface area contributed by atoms with Crippen molar-refractivity contribution in [3.63, 3.8) is 0 Å². The molecule has 1 heterocycles. The second-order valence-corrected chi connectivity index (χ2v) is 7.64. The van der Waals surface area contributed by atoms with Crippen molar-refractivity contribution in [2.24, 2.45) is 4.99 Å². The number of benzene rings is 2. The van der Waals surface area contributed by atoms with Gasteiger partial charge in [-0.2, -0.15) is 0 Å². The van der Waals surface area contributed by atoms with Crippen molar-refractivity contribution in [1.82, 2.24) is 20.9 Å². The van der Waals surface area contributed by atoms with Crippen molar-refractivity contribution in [3.8, 4) is 0 Å². The molecule has 0 aromatic heterocycles. The third-order valence-electron chi connectivity index (χ3n) is 5.30. The summed E-state index contributed by atoms with van der Waals surface area (Å²) in [5.74, 6) is 0.689. The number of carbonyl (C=O) groups excluding carboxylic acids is 1. The van der Waals surface area contributed by atoms with Gasteiger partial charge in [-0.1, -0.05) is 36.4 Å². The second-order valence-electron chi connectivity index (χ2n) is 7.64. The number of nitrogens with one attached hydrogen (secondary N) is 3. The lowest BCUT2D eigenvalue weighted by Gasteiger charge is -2.15. The van der Waals surface area contributed by atoms with Crippen molar-refractivity contribution in [1.29, 1.82) is 0 Å². The van der Waals surface area contributed by atoms with Crippen LogP contribution >= 0.6 is 24.0 Å². The molecule has 2 aromatic rings. The third-order valence-corrected chi connectivity index (χ3v) is 5.30. The first kappa shape index (κ1) is 25.1. The number of amides is 1. The standard InChI is InChI=1S/C24H33N5O.HI/c1-3-26-23(30)22-8-6-7-21(15-22)17-28-24(25-2)27-16-19-9-11-20(12-10-19)18-29-13-4-5-14-29;/h6-12,15H,3-5,13-14,16-18H2,1-2H3,(H,26,30)(H2,25,27,28);1H. The molecular formula is C24H34IN5O. The van der Waals surface area contributed by atoms with E-state index < -0.39 is 0 Å². The zero-order chi connectivity index (χ0) is 21.2. The molecule has 0 bridgehead atoms. The maximum atomic E-state index is 12.0. The summed E-state index contributed by atoms with van der Waals surface area (Å²) in [6.45, 7) is 7.34. The Bertz CT molecular complexity index is 847. The first-order valence-electron chi connectivity index (χ1n) is 10.8. The number of hydrogen-bond donors (Lipinski definition) is 3. The SMILES string of the molecule is CCNC(=O)c1cccc(CNC(=NC)NCc2ccc(CN3CCCC3)cc2)c1.I. The second kappa shape index (κ2) is 13.3. The van der Waals surface area contributed by atoms with E-state index in [1.807, 2.05) is 31.2 Å². The highest BCUT2D eigenvalue weighted by atomic mass is 127. The van der Waals surface area contributed by atoms with E-state index in [1.54, 1.807) is 7.05 Å². The Morgan fingerprint density at radius 3 is 2.23 bits per heavy atom.